The molecule has 2 aromatic heterocycles. The molecule has 1 aliphatic heterocycles. The van der Waals surface area contributed by atoms with Crippen molar-refractivity contribution in [3.63, 3.8) is 0 Å². The van der Waals surface area contributed by atoms with Crippen molar-refractivity contribution in [3.05, 3.63) is 12.5 Å². The van der Waals surface area contributed by atoms with E-state index in [0.717, 1.165) is 49.0 Å². The van der Waals surface area contributed by atoms with Crippen molar-refractivity contribution in [1.29, 1.82) is 0 Å². The Balaban J connectivity index is 0.00000196. The molecule has 2 N–H and O–H groups in total. The number of nitrogens with zero attached hydrogens (tertiary/aromatic N) is 6. The molecule has 0 amide bonds. The van der Waals surface area contributed by atoms with Crippen LogP contribution >= 0.6 is 24.0 Å². The van der Waals surface area contributed by atoms with Crippen molar-refractivity contribution in [1.82, 2.24) is 30.0 Å². The number of aryl methyl sites for hydroxylation is 1. The molecule has 142 valence electrons. The van der Waals surface area contributed by atoms with E-state index in [0.29, 0.717) is 5.41 Å². The van der Waals surface area contributed by atoms with Crippen LogP contribution in [0.25, 0.3) is 11.0 Å². The van der Waals surface area contributed by atoms with Crippen molar-refractivity contribution < 1.29 is 0 Å². The van der Waals surface area contributed by atoms with Gasteiger partial charge < -0.3 is 15.5 Å². The van der Waals surface area contributed by atoms with Crippen LogP contribution in [0.15, 0.2) is 17.5 Å². The van der Waals surface area contributed by atoms with Crippen LogP contribution in [-0.2, 0) is 7.05 Å². The zero-order chi connectivity index (χ0) is 17.3. The third kappa shape index (κ3) is 3.58. The summed E-state index contributed by atoms with van der Waals surface area (Å²) in [5.41, 5.74) is 1.42. The number of likely N-dealkylation sites (tertiary alicyclic amines) is 1. The van der Waals surface area contributed by atoms with Gasteiger partial charge in [-0.05, 0) is 24.7 Å². The molecule has 1 saturated carbocycles. The van der Waals surface area contributed by atoms with E-state index in [2.05, 4.69) is 35.6 Å². The number of hydrogen-bond donors (Lipinski definition) is 2. The van der Waals surface area contributed by atoms with E-state index in [4.69, 9.17) is 0 Å². The molecule has 0 aromatic carbocycles. The van der Waals surface area contributed by atoms with Crippen molar-refractivity contribution in [3.8, 4) is 0 Å². The predicted molar refractivity (Wildman–Crippen MR) is 114 cm³/mol. The smallest absolute Gasteiger partial charge is 0.193 e. The van der Waals surface area contributed by atoms with Gasteiger partial charge in [0.25, 0.3) is 0 Å². The second-order valence-corrected chi connectivity index (χ2v) is 7.15. The molecule has 0 radical (unpaired) electrons. The fourth-order valence-corrected chi connectivity index (χ4v) is 3.99. The van der Waals surface area contributed by atoms with Crippen LogP contribution in [0.5, 0.6) is 0 Å². The van der Waals surface area contributed by atoms with Gasteiger partial charge >= 0.3 is 0 Å². The summed E-state index contributed by atoms with van der Waals surface area (Å²) in [5, 5.41) is 12.0. The van der Waals surface area contributed by atoms with Gasteiger partial charge in [-0.15, -0.1) is 24.0 Å². The molecule has 8 nitrogen and oxygen atoms in total. The zero-order valence-corrected chi connectivity index (χ0v) is 17.7. The summed E-state index contributed by atoms with van der Waals surface area (Å²) >= 11 is 0. The lowest BCUT2D eigenvalue weighted by molar-refractivity contribution is 0.151. The molecule has 1 aliphatic carbocycles. The van der Waals surface area contributed by atoms with Gasteiger partial charge in [0.1, 0.15) is 12.1 Å². The summed E-state index contributed by atoms with van der Waals surface area (Å²) in [6.07, 6.45) is 8.85. The molecule has 4 rings (SSSR count). The van der Waals surface area contributed by atoms with Gasteiger partial charge in [0, 0.05) is 40.3 Å². The third-order valence-electron chi connectivity index (χ3n) is 5.59. The van der Waals surface area contributed by atoms with Crippen molar-refractivity contribution in [2.24, 2.45) is 17.5 Å². The second kappa shape index (κ2) is 7.93. The Morgan fingerprint density at radius 2 is 2.12 bits per heavy atom. The highest BCUT2D eigenvalue weighted by molar-refractivity contribution is 14.0. The van der Waals surface area contributed by atoms with E-state index in [9.17, 15) is 0 Å². The van der Waals surface area contributed by atoms with Crippen LogP contribution in [0, 0.1) is 5.41 Å². The highest BCUT2D eigenvalue weighted by atomic mass is 127. The minimum Gasteiger partial charge on any atom is -0.368 e. The minimum absolute atomic E-state index is 0. The average Bonchev–Trinajstić information content (AvgIpc) is 3.20. The summed E-state index contributed by atoms with van der Waals surface area (Å²) in [6, 6.07) is 0. The first-order valence-corrected chi connectivity index (χ1v) is 9.03. The van der Waals surface area contributed by atoms with Crippen LogP contribution in [0.2, 0.25) is 0 Å². The van der Waals surface area contributed by atoms with E-state index in [1.54, 1.807) is 17.2 Å². The molecule has 2 fully saturated rings. The van der Waals surface area contributed by atoms with Gasteiger partial charge in [-0.25, -0.2) is 9.97 Å². The average molecular weight is 470 g/mol. The minimum atomic E-state index is 0. The van der Waals surface area contributed by atoms with Crippen LogP contribution in [0.4, 0.5) is 5.82 Å². The molecular weight excluding hydrogens is 443 g/mol. The molecule has 0 atom stereocenters. The molecule has 2 aliphatic rings. The summed E-state index contributed by atoms with van der Waals surface area (Å²) in [6.45, 7) is 3.83. The monoisotopic (exact) mass is 470 g/mol. The lowest BCUT2D eigenvalue weighted by Gasteiger charge is -2.38. The van der Waals surface area contributed by atoms with E-state index >= 15 is 0 Å². The first-order chi connectivity index (χ1) is 12.2. The summed E-state index contributed by atoms with van der Waals surface area (Å²) in [4.78, 5) is 15.4. The number of anilines is 1. The summed E-state index contributed by atoms with van der Waals surface area (Å²) < 4.78 is 1.76. The normalized spacial score (nSPS) is 18.7. The van der Waals surface area contributed by atoms with Crippen LogP contribution in [0.1, 0.15) is 25.7 Å². The van der Waals surface area contributed by atoms with E-state index in [1.165, 1.54) is 25.7 Å². The number of aliphatic imine (C=N–C) groups is 1. The van der Waals surface area contributed by atoms with Crippen LogP contribution < -0.4 is 10.6 Å². The molecule has 1 spiro atoms. The zero-order valence-electron chi connectivity index (χ0n) is 15.4. The summed E-state index contributed by atoms with van der Waals surface area (Å²) in [5.74, 6) is 1.84. The van der Waals surface area contributed by atoms with Crippen molar-refractivity contribution in [2.45, 2.75) is 25.7 Å². The maximum Gasteiger partial charge on any atom is 0.193 e. The predicted octanol–water partition coefficient (Wildman–Crippen LogP) is 1.84. The van der Waals surface area contributed by atoms with Crippen molar-refractivity contribution >= 4 is 46.8 Å². The molecule has 3 heterocycles. The Hall–Kier alpha value is -1.65. The van der Waals surface area contributed by atoms with Crippen molar-refractivity contribution in [2.75, 3.05) is 38.5 Å². The van der Waals surface area contributed by atoms with Crippen LogP contribution in [0.3, 0.4) is 0 Å². The molecular formula is C17H27IN8. The number of halogens is 1. The van der Waals surface area contributed by atoms with E-state index < -0.39 is 0 Å². The number of nitrogens with one attached hydrogen (secondary N) is 2. The third-order valence-corrected chi connectivity index (χ3v) is 5.59. The maximum absolute atomic E-state index is 4.46. The van der Waals surface area contributed by atoms with Gasteiger partial charge in [0.2, 0.25) is 0 Å². The highest BCUT2D eigenvalue weighted by Gasteiger charge is 2.43. The standard InChI is InChI=1S/C17H26N8.HI/c1-18-16(25-9-6-17(11-25)4-3-5-17)20-8-7-19-14-13-10-23-24(2)15(13)22-12-21-14;/h10,12H,3-9,11H2,1-2H3,(H,18,20)(H,19,21,22);1H. The molecule has 0 unspecified atom stereocenters. The van der Waals surface area contributed by atoms with Gasteiger partial charge in [-0.1, -0.05) is 6.42 Å². The topological polar surface area (TPSA) is 83.3 Å². The number of guanidine groups is 1. The van der Waals surface area contributed by atoms with Gasteiger partial charge in [-0.2, -0.15) is 5.10 Å². The fourth-order valence-electron chi connectivity index (χ4n) is 3.99. The maximum atomic E-state index is 4.46. The largest absolute Gasteiger partial charge is 0.368 e. The van der Waals surface area contributed by atoms with Gasteiger partial charge in [0.05, 0.1) is 11.6 Å². The number of aromatic nitrogens is 4. The molecule has 1 saturated heterocycles. The quantitative estimate of drug-likeness (QED) is 0.307. The lowest BCUT2D eigenvalue weighted by Crippen LogP contribution is -2.43. The van der Waals surface area contributed by atoms with E-state index in [1.807, 2.05) is 14.1 Å². The lowest BCUT2D eigenvalue weighted by atomic mass is 9.68. The number of hydrogen-bond acceptors (Lipinski definition) is 5. The molecule has 26 heavy (non-hydrogen) atoms. The first-order valence-electron chi connectivity index (χ1n) is 9.03. The molecule has 0 bridgehead atoms. The van der Waals surface area contributed by atoms with E-state index in [-0.39, 0.29) is 24.0 Å². The SMILES string of the molecule is CN=C(NCCNc1ncnc2c1cnn2C)N1CCC2(CCC2)C1.I. The Bertz CT molecular complexity index is 782. The summed E-state index contributed by atoms with van der Waals surface area (Å²) in [7, 11) is 3.75. The number of fused-ring (bicyclic) bond motifs is 1. The molecule has 2 aromatic rings. The Morgan fingerprint density at radius 1 is 1.27 bits per heavy atom. The molecule has 9 heteroatoms. The number of rotatable bonds is 4. The Kier molecular flexibility index (Phi) is 5.83. The first kappa shape index (κ1) is 19.1. The fraction of sp³-hybridized carbons (Fsp3) is 0.647. The van der Waals surface area contributed by atoms with Gasteiger partial charge in [-0.3, -0.25) is 9.67 Å². The van der Waals surface area contributed by atoms with Crippen LogP contribution in [-0.4, -0.2) is 63.8 Å². The second-order valence-electron chi connectivity index (χ2n) is 7.15. The highest BCUT2D eigenvalue weighted by Crippen LogP contribution is 2.47. The Morgan fingerprint density at radius 3 is 2.81 bits per heavy atom. The van der Waals surface area contributed by atoms with Gasteiger partial charge in [0.15, 0.2) is 11.6 Å². The Labute approximate surface area is 170 Å².